The molecule has 0 saturated carbocycles. The highest BCUT2D eigenvalue weighted by molar-refractivity contribution is 5.88. The summed E-state index contributed by atoms with van der Waals surface area (Å²) >= 11 is 0. The van der Waals surface area contributed by atoms with Gasteiger partial charge in [-0.05, 0) is 32.3 Å². The van der Waals surface area contributed by atoms with Crippen molar-refractivity contribution in [1.82, 2.24) is 15.5 Å². The van der Waals surface area contributed by atoms with Crippen LogP contribution in [0.2, 0.25) is 0 Å². The third-order valence-electron chi connectivity index (χ3n) is 5.71. The van der Waals surface area contributed by atoms with E-state index in [4.69, 9.17) is 0 Å². The zero-order valence-corrected chi connectivity index (χ0v) is 18.0. The van der Waals surface area contributed by atoms with Gasteiger partial charge in [-0.25, -0.2) is 0 Å². The van der Waals surface area contributed by atoms with Crippen molar-refractivity contribution in [2.24, 2.45) is 11.8 Å². The number of rotatable bonds is 7. The summed E-state index contributed by atoms with van der Waals surface area (Å²) in [6.45, 7) is 8.70. The van der Waals surface area contributed by atoms with Gasteiger partial charge in [-0.3, -0.25) is 14.4 Å². The number of carbonyl (C=O) groups excluding carboxylic acids is 3. The lowest BCUT2D eigenvalue weighted by Gasteiger charge is -2.33. The molecule has 0 aliphatic carbocycles. The molecule has 0 radical (unpaired) electrons. The van der Waals surface area contributed by atoms with E-state index in [1.807, 2.05) is 51.1 Å². The van der Waals surface area contributed by atoms with E-state index >= 15 is 0 Å². The van der Waals surface area contributed by atoms with Crippen LogP contribution in [0.4, 0.5) is 0 Å². The summed E-state index contributed by atoms with van der Waals surface area (Å²) < 4.78 is 0. The zero-order chi connectivity index (χ0) is 21.6. The second kappa shape index (κ2) is 10.4. The van der Waals surface area contributed by atoms with Crippen LogP contribution >= 0.6 is 0 Å². The highest BCUT2D eigenvalue weighted by atomic mass is 16.2. The van der Waals surface area contributed by atoms with E-state index in [1.54, 1.807) is 11.8 Å². The van der Waals surface area contributed by atoms with Gasteiger partial charge in [-0.15, -0.1) is 0 Å². The van der Waals surface area contributed by atoms with Crippen molar-refractivity contribution in [2.75, 3.05) is 13.1 Å². The van der Waals surface area contributed by atoms with Crippen LogP contribution in [-0.4, -0.2) is 47.8 Å². The van der Waals surface area contributed by atoms with Crippen molar-refractivity contribution < 1.29 is 20.1 Å². The van der Waals surface area contributed by atoms with Gasteiger partial charge < -0.3 is 21.3 Å². The van der Waals surface area contributed by atoms with Gasteiger partial charge in [-0.2, -0.15) is 0 Å². The minimum atomic E-state index is -0.613. The molecule has 1 heterocycles. The smallest absolute Gasteiger partial charge is 0.280 e. The van der Waals surface area contributed by atoms with Gasteiger partial charge in [0.1, 0.15) is 6.04 Å². The largest absolute Gasteiger partial charge is 0.348 e. The van der Waals surface area contributed by atoms with Crippen LogP contribution < -0.4 is 16.4 Å². The van der Waals surface area contributed by atoms with E-state index in [9.17, 15) is 14.4 Å². The summed E-state index contributed by atoms with van der Waals surface area (Å²) in [5.41, 5.74) is 4.97. The molecule has 1 aliphatic heterocycles. The van der Waals surface area contributed by atoms with Gasteiger partial charge in [0.05, 0.1) is 6.04 Å². The molecule has 7 nitrogen and oxygen atoms in total. The van der Waals surface area contributed by atoms with Gasteiger partial charge in [0.2, 0.25) is 11.8 Å². The van der Waals surface area contributed by atoms with Crippen molar-refractivity contribution in [2.45, 2.75) is 58.7 Å². The molecule has 0 aromatic heterocycles. The van der Waals surface area contributed by atoms with Crippen LogP contribution in [0.15, 0.2) is 30.3 Å². The van der Waals surface area contributed by atoms with E-state index < -0.39 is 6.04 Å². The predicted molar refractivity (Wildman–Crippen MR) is 111 cm³/mol. The fourth-order valence-electron chi connectivity index (χ4n) is 3.44. The van der Waals surface area contributed by atoms with E-state index in [0.29, 0.717) is 25.9 Å². The average molecular weight is 404 g/mol. The number of hydrogen-bond acceptors (Lipinski definition) is 3. The number of likely N-dealkylation sites (tertiary alicyclic amines) is 1. The normalized spacial score (nSPS) is 18.1. The molecule has 1 saturated heterocycles. The summed E-state index contributed by atoms with van der Waals surface area (Å²) in [5, 5.41) is 5.76. The van der Waals surface area contributed by atoms with Crippen LogP contribution in [0, 0.1) is 11.8 Å². The summed E-state index contributed by atoms with van der Waals surface area (Å²) in [7, 11) is 0. The first-order valence-electron chi connectivity index (χ1n) is 10.5. The highest BCUT2D eigenvalue weighted by Gasteiger charge is 2.33. The monoisotopic (exact) mass is 403 g/mol. The standard InChI is InChI=1S/C22H34N4O3/c1-14(2)19(23)22(29)26-12-10-18(11-13-26)21(28)25-16(4)20(27)24-15(3)17-8-6-5-7-9-17/h5-9,14-16,18-19H,10-13,23H2,1-4H3,(H,24,27)(H,25,28)/p+1/t15-,16-,19-/m0/s1. The lowest BCUT2D eigenvalue weighted by Crippen LogP contribution is -2.70. The summed E-state index contributed by atoms with van der Waals surface area (Å²) in [6.07, 6.45) is 1.22. The molecule has 3 amide bonds. The number of hydrogen-bond donors (Lipinski definition) is 3. The van der Waals surface area contributed by atoms with E-state index in [1.165, 1.54) is 0 Å². The van der Waals surface area contributed by atoms with Gasteiger partial charge in [0.15, 0.2) is 6.04 Å². The lowest BCUT2D eigenvalue weighted by atomic mass is 9.94. The Morgan fingerprint density at radius 1 is 1.00 bits per heavy atom. The van der Waals surface area contributed by atoms with Gasteiger partial charge in [0.25, 0.3) is 5.91 Å². The number of nitrogens with zero attached hydrogens (tertiary/aromatic N) is 1. The van der Waals surface area contributed by atoms with Crippen LogP contribution in [0.5, 0.6) is 0 Å². The van der Waals surface area contributed by atoms with Crippen LogP contribution in [-0.2, 0) is 14.4 Å². The maximum Gasteiger partial charge on any atom is 0.280 e. The quantitative estimate of drug-likeness (QED) is 0.629. The number of carbonyl (C=O) groups is 3. The minimum absolute atomic E-state index is 0.0569. The molecule has 1 aliphatic rings. The molecular formula is C22H35N4O3+. The van der Waals surface area contributed by atoms with Crippen LogP contribution in [0.25, 0.3) is 0 Å². The average Bonchev–Trinajstić information content (AvgIpc) is 2.73. The fourth-order valence-corrected chi connectivity index (χ4v) is 3.44. The van der Waals surface area contributed by atoms with Crippen molar-refractivity contribution in [3.63, 3.8) is 0 Å². The van der Waals surface area contributed by atoms with Gasteiger partial charge >= 0.3 is 0 Å². The Balaban J connectivity index is 1.80. The maximum absolute atomic E-state index is 12.6. The molecule has 160 valence electrons. The van der Waals surface area contributed by atoms with Gasteiger partial charge in [-0.1, -0.05) is 44.2 Å². The second-order valence-corrected chi connectivity index (χ2v) is 8.32. The number of amides is 3. The second-order valence-electron chi connectivity index (χ2n) is 8.32. The van der Waals surface area contributed by atoms with Crippen molar-refractivity contribution in [3.05, 3.63) is 35.9 Å². The molecular weight excluding hydrogens is 368 g/mol. The molecule has 7 heteroatoms. The fraction of sp³-hybridized carbons (Fsp3) is 0.591. The lowest BCUT2D eigenvalue weighted by molar-refractivity contribution is -0.416. The molecule has 0 unspecified atom stereocenters. The molecule has 1 fully saturated rings. The first-order chi connectivity index (χ1) is 13.7. The van der Waals surface area contributed by atoms with Crippen LogP contribution in [0.3, 0.4) is 0 Å². The highest BCUT2D eigenvalue weighted by Crippen LogP contribution is 2.19. The predicted octanol–water partition coefficient (Wildman–Crippen LogP) is 0.874. The molecule has 1 aromatic rings. The van der Waals surface area contributed by atoms with Crippen molar-refractivity contribution in [3.8, 4) is 0 Å². The van der Waals surface area contributed by atoms with Gasteiger partial charge in [0, 0.05) is 24.9 Å². The first-order valence-corrected chi connectivity index (χ1v) is 10.5. The summed E-state index contributed by atoms with van der Waals surface area (Å²) in [4.78, 5) is 39.2. The summed E-state index contributed by atoms with van der Waals surface area (Å²) in [5.74, 6) is -0.257. The molecule has 29 heavy (non-hydrogen) atoms. The Morgan fingerprint density at radius 2 is 1.59 bits per heavy atom. The molecule has 1 aromatic carbocycles. The van der Waals surface area contributed by atoms with Crippen molar-refractivity contribution >= 4 is 17.7 Å². The topological polar surface area (TPSA) is 106 Å². The Morgan fingerprint density at radius 3 is 2.14 bits per heavy atom. The third kappa shape index (κ3) is 6.29. The maximum atomic E-state index is 12.6. The number of quaternary nitrogens is 1. The minimum Gasteiger partial charge on any atom is -0.348 e. The SMILES string of the molecule is CC(C)[C@H]([NH3+])C(=O)N1CCC(C(=O)N[C@@H](C)C(=O)N[C@@H](C)c2ccccc2)CC1. The molecule has 2 rings (SSSR count). The van der Waals surface area contributed by atoms with E-state index in [2.05, 4.69) is 16.4 Å². The first kappa shape index (κ1) is 22.9. The van der Waals surface area contributed by atoms with Crippen LogP contribution in [0.1, 0.15) is 52.1 Å². The zero-order valence-electron chi connectivity index (χ0n) is 18.0. The molecule has 0 bridgehead atoms. The molecule has 5 N–H and O–H groups in total. The number of nitrogens with one attached hydrogen (secondary N) is 2. The van der Waals surface area contributed by atoms with Crippen molar-refractivity contribution in [1.29, 1.82) is 0 Å². The third-order valence-corrected chi connectivity index (χ3v) is 5.71. The Bertz CT molecular complexity index is 699. The Labute approximate surface area is 173 Å². The molecule has 3 atom stereocenters. The Kier molecular flexibility index (Phi) is 8.20. The summed E-state index contributed by atoms with van der Waals surface area (Å²) in [6, 6.07) is 8.71. The number of piperidine rings is 1. The van der Waals surface area contributed by atoms with E-state index in [0.717, 1.165) is 5.56 Å². The molecule has 0 spiro atoms. The Hall–Kier alpha value is -2.41. The van der Waals surface area contributed by atoms with E-state index in [-0.39, 0.29) is 41.6 Å². The number of benzene rings is 1.